The molecule has 3 aliphatic rings. The molecule has 0 radical (unpaired) electrons. The van der Waals surface area contributed by atoms with Crippen molar-refractivity contribution in [1.82, 2.24) is 0 Å². The van der Waals surface area contributed by atoms with Gasteiger partial charge in [-0.3, -0.25) is 0 Å². The van der Waals surface area contributed by atoms with Gasteiger partial charge in [-0.05, 0) is 61.2 Å². The lowest BCUT2D eigenvalue weighted by molar-refractivity contribution is 0.0875. The van der Waals surface area contributed by atoms with E-state index in [0.717, 1.165) is 35.5 Å². The zero-order chi connectivity index (χ0) is 16.4. The molecule has 0 spiro atoms. The molecule has 0 heterocycles. The fraction of sp³-hybridized carbons (Fsp3) is 1.00. The van der Waals surface area contributed by atoms with Gasteiger partial charge in [-0.2, -0.15) is 0 Å². The molecule has 0 aromatic rings. The molecule has 3 fully saturated rings. The molecule has 3 rings (SSSR count). The van der Waals surface area contributed by atoms with Crippen LogP contribution < -0.4 is 0 Å². The van der Waals surface area contributed by atoms with Crippen molar-refractivity contribution >= 4 is 0 Å². The summed E-state index contributed by atoms with van der Waals surface area (Å²) in [5.74, 6) is 6.81. The maximum absolute atomic E-state index is 2.48. The Kier molecular flexibility index (Phi) is 11.6. The van der Waals surface area contributed by atoms with E-state index >= 15 is 0 Å². The first-order valence-electron chi connectivity index (χ1n) is 10.3. The van der Waals surface area contributed by atoms with Crippen molar-refractivity contribution in [3.63, 3.8) is 0 Å². The van der Waals surface area contributed by atoms with Gasteiger partial charge in [0.05, 0.1) is 0 Å². The van der Waals surface area contributed by atoms with Crippen LogP contribution in [0.5, 0.6) is 0 Å². The minimum Gasteiger partial charge on any atom is -0.0683 e. The zero-order valence-electron chi connectivity index (χ0n) is 16.4. The third-order valence-corrected chi connectivity index (χ3v) is 5.82. The molecule has 6 unspecified atom stereocenters. The first-order valence-corrected chi connectivity index (χ1v) is 10.3. The molecule has 2 bridgehead atoms. The first-order chi connectivity index (χ1) is 10.3. The summed E-state index contributed by atoms with van der Waals surface area (Å²) >= 11 is 0. The Hall–Kier alpha value is 0. The molecule has 0 aliphatic heterocycles. The molecule has 0 aromatic heterocycles. The molecule has 0 saturated heterocycles. The van der Waals surface area contributed by atoms with E-state index in [-0.39, 0.29) is 0 Å². The Balaban J connectivity index is 0.000000598. The van der Waals surface area contributed by atoms with Crippen LogP contribution in [0.2, 0.25) is 0 Å². The van der Waals surface area contributed by atoms with Gasteiger partial charge in [0.15, 0.2) is 0 Å². The van der Waals surface area contributed by atoms with Gasteiger partial charge in [-0.1, -0.05) is 74.7 Å². The predicted molar refractivity (Wildman–Crippen MR) is 98.7 cm³/mol. The van der Waals surface area contributed by atoms with E-state index in [0.29, 0.717) is 0 Å². The van der Waals surface area contributed by atoms with E-state index in [1.165, 1.54) is 19.3 Å². The molecule has 3 saturated carbocycles. The Morgan fingerprint density at radius 2 is 1.33 bits per heavy atom. The van der Waals surface area contributed by atoms with Gasteiger partial charge in [0.2, 0.25) is 0 Å². The summed E-state index contributed by atoms with van der Waals surface area (Å²) in [5.41, 5.74) is 0. The van der Waals surface area contributed by atoms with Crippen molar-refractivity contribution in [3.8, 4) is 0 Å². The van der Waals surface area contributed by atoms with Crippen molar-refractivity contribution in [2.24, 2.45) is 35.5 Å². The summed E-state index contributed by atoms with van der Waals surface area (Å²) in [7, 11) is 0. The highest BCUT2D eigenvalue weighted by molar-refractivity contribution is 5.02. The quantitative estimate of drug-likeness (QED) is 0.493. The summed E-state index contributed by atoms with van der Waals surface area (Å²) in [6, 6.07) is 0. The lowest BCUT2D eigenvalue weighted by Crippen LogP contribution is -2.32. The lowest BCUT2D eigenvalue weighted by atomic mass is 9.64. The summed E-state index contributed by atoms with van der Waals surface area (Å²) in [6.45, 7) is 16.8. The van der Waals surface area contributed by atoms with E-state index < -0.39 is 0 Å². The fourth-order valence-electron chi connectivity index (χ4n) is 5.30. The normalized spacial score (nSPS) is 38.9. The second-order valence-electron chi connectivity index (χ2n) is 6.69. The van der Waals surface area contributed by atoms with Crippen LogP contribution in [0.25, 0.3) is 0 Å². The second kappa shape index (κ2) is 11.6. The van der Waals surface area contributed by atoms with Gasteiger partial charge >= 0.3 is 0 Å². The van der Waals surface area contributed by atoms with Crippen LogP contribution in [0.15, 0.2) is 0 Å². The Bertz CT molecular complexity index is 230. The second-order valence-corrected chi connectivity index (χ2v) is 6.69. The highest BCUT2D eigenvalue weighted by Crippen LogP contribution is 2.61. The van der Waals surface area contributed by atoms with Crippen molar-refractivity contribution in [2.75, 3.05) is 0 Å². The Labute approximate surface area is 136 Å². The monoisotopic (exact) mass is 296 g/mol. The molecular formula is C21H44. The topological polar surface area (TPSA) is 0 Å². The largest absolute Gasteiger partial charge is 0.0683 e. The molecule has 0 amide bonds. The van der Waals surface area contributed by atoms with Gasteiger partial charge < -0.3 is 0 Å². The number of hydrogen-bond donors (Lipinski definition) is 0. The summed E-state index contributed by atoms with van der Waals surface area (Å²) in [4.78, 5) is 0. The smallest absolute Gasteiger partial charge is 0.0352 e. The molecule has 6 atom stereocenters. The van der Waals surface area contributed by atoms with Crippen LogP contribution in [0.1, 0.15) is 100 Å². The molecule has 0 aromatic carbocycles. The van der Waals surface area contributed by atoms with Crippen LogP contribution >= 0.6 is 0 Å². The fourth-order valence-corrected chi connectivity index (χ4v) is 5.30. The van der Waals surface area contributed by atoms with Crippen LogP contribution in [0, 0.1) is 35.5 Å². The average molecular weight is 297 g/mol. The minimum absolute atomic E-state index is 1.04. The molecule has 3 aliphatic carbocycles. The van der Waals surface area contributed by atoms with Crippen molar-refractivity contribution < 1.29 is 0 Å². The molecular weight excluding hydrogens is 252 g/mol. The highest BCUT2D eigenvalue weighted by Gasteiger charge is 2.52. The maximum atomic E-state index is 2.48. The Morgan fingerprint density at radius 1 is 0.714 bits per heavy atom. The van der Waals surface area contributed by atoms with E-state index in [4.69, 9.17) is 0 Å². The summed E-state index contributed by atoms with van der Waals surface area (Å²) in [6.07, 6.45) is 10.8. The third kappa shape index (κ3) is 5.00. The minimum atomic E-state index is 1.04. The first kappa shape index (κ1) is 21.0. The van der Waals surface area contributed by atoms with Gasteiger partial charge in [0, 0.05) is 0 Å². The Morgan fingerprint density at radius 3 is 1.90 bits per heavy atom. The van der Waals surface area contributed by atoms with E-state index in [1.54, 1.807) is 25.7 Å². The van der Waals surface area contributed by atoms with E-state index in [2.05, 4.69) is 13.8 Å². The highest BCUT2D eigenvalue weighted by atomic mass is 14.6. The van der Waals surface area contributed by atoms with Crippen molar-refractivity contribution in [1.29, 1.82) is 0 Å². The zero-order valence-corrected chi connectivity index (χ0v) is 16.4. The third-order valence-electron chi connectivity index (χ3n) is 5.82. The molecule has 0 heteroatoms. The van der Waals surface area contributed by atoms with Crippen LogP contribution in [0.4, 0.5) is 0 Å². The number of hydrogen-bond acceptors (Lipinski definition) is 0. The maximum Gasteiger partial charge on any atom is -0.0352 e. The molecule has 21 heavy (non-hydrogen) atoms. The van der Waals surface area contributed by atoms with E-state index in [1.807, 2.05) is 41.5 Å². The van der Waals surface area contributed by atoms with Crippen LogP contribution in [-0.4, -0.2) is 0 Å². The van der Waals surface area contributed by atoms with Crippen molar-refractivity contribution in [2.45, 2.75) is 100 Å². The standard InChI is InChI=1S/C15H26.3C2H6/c1-3-4-11-8-12-9-15(11)13-6-5-10(2)7-14(12)13;3*1-2/h10-15H,3-9H2,1-2H3;3*1-2H3. The van der Waals surface area contributed by atoms with Crippen molar-refractivity contribution in [3.05, 3.63) is 0 Å². The van der Waals surface area contributed by atoms with Crippen LogP contribution in [0.3, 0.4) is 0 Å². The summed E-state index contributed by atoms with van der Waals surface area (Å²) < 4.78 is 0. The molecule has 0 N–H and O–H groups in total. The van der Waals surface area contributed by atoms with Gasteiger partial charge in [-0.25, -0.2) is 0 Å². The van der Waals surface area contributed by atoms with Gasteiger partial charge in [0.1, 0.15) is 0 Å². The van der Waals surface area contributed by atoms with Gasteiger partial charge in [0.25, 0.3) is 0 Å². The SMILES string of the molecule is CC.CC.CC.CCCC1CC2CC1C1CCC(C)CC21. The molecule has 128 valence electrons. The predicted octanol–water partition coefficient (Wildman–Crippen LogP) is 7.57. The van der Waals surface area contributed by atoms with E-state index in [9.17, 15) is 0 Å². The average Bonchev–Trinajstić information content (AvgIpc) is 3.12. The molecule has 0 nitrogen and oxygen atoms in total. The van der Waals surface area contributed by atoms with Gasteiger partial charge in [-0.15, -0.1) is 0 Å². The number of fused-ring (bicyclic) bond motifs is 5. The lowest BCUT2D eigenvalue weighted by Gasteiger charge is -2.41. The summed E-state index contributed by atoms with van der Waals surface area (Å²) in [5, 5.41) is 0. The van der Waals surface area contributed by atoms with Crippen LogP contribution in [-0.2, 0) is 0 Å². The number of rotatable bonds is 2.